The summed E-state index contributed by atoms with van der Waals surface area (Å²) in [6, 6.07) is 0. The number of furan rings is 1. The molecule has 1 aliphatic rings. The van der Waals surface area contributed by atoms with Gasteiger partial charge in [0.2, 0.25) is 0 Å². The van der Waals surface area contributed by atoms with Crippen LogP contribution in [0.15, 0.2) is 4.42 Å². The summed E-state index contributed by atoms with van der Waals surface area (Å²) in [4.78, 5) is 11.2. The van der Waals surface area contributed by atoms with Crippen LogP contribution in [-0.4, -0.2) is 13.0 Å². The van der Waals surface area contributed by atoms with Crippen LogP contribution in [0.2, 0.25) is 0 Å². The zero-order valence-electron chi connectivity index (χ0n) is 8.84. The minimum Gasteiger partial charge on any atom is -0.453 e. The third kappa shape index (κ3) is 1.77. The average molecular weight is 209 g/mol. The molecule has 1 heterocycles. The van der Waals surface area contributed by atoms with Crippen molar-refractivity contribution in [3.63, 3.8) is 0 Å². The number of methoxy groups -OCH3 is 1. The largest absolute Gasteiger partial charge is 0.453 e. The Hall–Kier alpha value is -1.29. The highest BCUT2D eigenvalue weighted by Crippen LogP contribution is 2.30. The lowest BCUT2D eigenvalue weighted by molar-refractivity contribution is 0.0963. The molecule has 0 bridgehead atoms. The second-order valence-corrected chi connectivity index (χ2v) is 3.82. The Kier molecular flexibility index (Phi) is 2.77. The Morgan fingerprint density at radius 2 is 2.07 bits per heavy atom. The molecule has 4 heteroatoms. The molecule has 15 heavy (non-hydrogen) atoms. The minimum atomic E-state index is -0.476. The van der Waals surface area contributed by atoms with Crippen molar-refractivity contribution >= 4 is 5.91 Å². The summed E-state index contributed by atoms with van der Waals surface area (Å²) in [6.45, 7) is 0.412. The van der Waals surface area contributed by atoms with E-state index in [0.717, 1.165) is 42.6 Å². The smallest absolute Gasteiger partial charge is 0.284 e. The maximum absolute atomic E-state index is 11.2. The highest BCUT2D eigenvalue weighted by Gasteiger charge is 2.24. The molecule has 0 unspecified atom stereocenters. The normalized spacial score (nSPS) is 15.0. The first-order valence-corrected chi connectivity index (χ1v) is 5.16. The van der Waals surface area contributed by atoms with E-state index in [4.69, 9.17) is 14.9 Å². The van der Waals surface area contributed by atoms with E-state index in [2.05, 4.69) is 0 Å². The van der Waals surface area contributed by atoms with Gasteiger partial charge in [0.15, 0.2) is 5.76 Å². The molecule has 0 aliphatic heterocycles. The van der Waals surface area contributed by atoms with Crippen LogP contribution >= 0.6 is 0 Å². The molecule has 0 spiro atoms. The SMILES string of the molecule is COCc1oc(C(N)=O)c2c1CCCC2. The second-order valence-electron chi connectivity index (χ2n) is 3.82. The third-order valence-corrected chi connectivity index (χ3v) is 2.80. The van der Waals surface area contributed by atoms with Gasteiger partial charge in [-0.15, -0.1) is 0 Å². The zero-order chi connectivity index (χ0) is 10.8. The summed E-state index contributed by atoms with van der Waals surface area (Å²) in [7, 11) is 1.61. The van der Waals surface area contributed by atoms with Crippen molar-refractivity contribution in [2.45, 2.75) is 32.3 Å². The van der Waals surface area contributed by atoms with Gasteiger partial charge < -0.3 is 14.9 Å². The van der Waals surface area contributed by atoms with E-state index in [1.165, 1.54) is 0 Å². The van der Waals surface area contributed by atoms with Gasteiger partial charge in [0, 0.05) is 18.2 Å². The standard InChI is InChI=1S/C11H15NO3/c1-14-6-9-7-4-2-3-5-8(7)10(15-9)11(12)13/h2-6H2,1H3,(H2,12,13). The topological polar surface area (TPSA) is 65.5 Å². The Bertz CT molecular complexity index is 381. The van der Waals surface area contributed by atoms with Gasteiger partial charge in [-0.25, -0.2) is 0 Å². The molecule has 0 saturated heterocycles. The summed E-state index contributed by atoms with van der Waals surface area (Å²) >= 11 is 0. The predicted molar refractivity (Wildman–Crippen MR) is 54.6 cm³/mol. The molecule has 1 aromatic heterocycles. The molecule has 0 radical (unpaired) electrons. The number of rotatable bonds is 3. The van der Waals surface area contributed by atoms with Crippen LogP contribution in [-0.2, 0) is 24.2 Å². The van der Waals surface area contributed by atoms with Crippen LogP contribution in [0.4, 0.5) is 0 Å². The van der Waals surface area contributed by atoms with Gasteiger partial charge >= 0.3 is 0 Å². The maximum Gasteiger partial charge on any atom is 0.284 e. The van der Waals surface area contributed by atoms with Crippen LogP contribution in [0.1, 0.15) is 40.3 Å². The first kappa shape index (κ1) is 10.2. The van der Waals surface area contributed by atoms with E-state index < -0.39 is 5.91 Å². The Labute approximate surface area is 88.4 Å². The van der Waals surface area contributed by atoms with Crippen molar-refractivity contribution in [2.75, 3.05) is 7.11 Å². The molecule has 1 amide bonds. The number of carbonyl (C=O) groups excluding carboxylic acids is 1. The molecule has 2 N–H and O–H groups in total. The van der Waals surface area contributed by atoms with E-state index in [1.54, 1.807) is 7.11 Å². The molecule has 0 aromatic carbocycles. The molecule has 1 aromatic rings. The lowest BCUT2D eigenvalue weighted by atomic mass is 9.92. The molecule has 1 aliphatic carbocycles. The van der Waals surface area contributed by atoms with E-state index in [-0.39, 0.29) is 0 Å². The average Bonchev–Trinajstić information content (AvgIpc) is 2.59. The number of nitrogens with two attached hydrogens (primary N) is 1. The third-order valence-electron chi connectivity index (χ3n) is 2.80. The highest BCUT2D eigenvalue weighted by molar-refractivity contribution is 5.92. The molecule has 0 fully saturated rings. The van der Waals surface area contributed by atoms with Gasteiger partial charge in [0.1, 0.15) is 12.4 Å². The van der Waals surface area contributed by atoms with Crippen molar-refractivity contribution in [1.29, 1.82) is 0 Å². The lowest BCUT2D eigenvalue weighted by Crippen LogP contribution is -2.13. The summed E-state index contributed by atoms with van der Waals surface area (Å²) in [5.41, 5.74) is 7.41. The number of fused-ring (bicyclic) bond motifs is 1. The van der Waals surface area contributed by atoms with Crippen LogP contribution in [0.5, 0.6) is 0 Å². The monoisotopic (exact) mass is 209 g/mol. The zero-order valence-corrected chi connectivity index (χ0v) is 8.84. The second kappa shape index (κ2) is 4.06. The summed E-state index contributed by atoms with van der Waals surface area (Å²) in [5, 5.41) is 0. The van der Waals surface area contributed by atoms with E-state index >= 15 is 0 Å². The Morgan fingerprint density at radius 3 is 2.67 bits per heavy atom. The number of primary amides is 1. The van der Waals surface area contributed by atoms with Gasteiger partial charge in [-0.3, -0.25) is 4.79 Å². The molecule has 2 rings (SSSR count). The molecular formula is C11H15NO3. The minimum absolute atomic E-state index is 0.330. The quantitative estimate of drug-likeness (QED) is 0.818. The van der Waals surface area contributed by atoms with Crippen molar-refractivity contribution in [1.82, 2.24) is 0 Å². The van der Waals surface area contributed by atoms with E-state index in [0.29, 0.717) is 12.4 Å². The molecule has 0 atom stereocenters. The molecular weight excluding hydrogens is 194 g/mol. The van der Waals surface area contributed by atoms with Gasteiger partial charge in [0.25, 0.3) is 5.91 Å². The summed E-state index contributed by atoms with van der Waals surface area (Å²) < 4.78 is 10.5. The van der Waals surface area contributed by atoms with E-state index in [9.17, 15) is 4.79 Å². The number of carbonyl (C=O) groups is 1. The first-order chi connectivity index (χ1) is 7.24. The van der Waals surface area contributed by atoms with Crippen molar-refractivity contribution in [3.8, 4) is 0 Å². The molecule has 0 saturated carbocycles. The van der Waals surface area contributed by atoms with Gasteiger partial charge in [0.05, 0.1) is 0 Å². The summed E-state index contributed by atoms with van der Waals surface area (Å²) in [5.74, 6) is 0.619. The van der Waals surface area contributed by atoms with Crippen molar-refractivity contribution in [2.24, 2.45) is 5.73 Å². The van der Waals surface area contributed by atoms with Crippen molar-refractivity contribution in [3.05, 3.63) is 22.6 Å². The van der Waals surface area contributed by atoms with Crippen molar-refractivity contribution < 1.29 is 13.9 Å². The van der Waals surface area contributed by atoms with Gasteiger partial charge in [-0.1, -0.05) is 0 Å². The number of ether oxygens (including phenoxy) is 1. The molecule has 82 valence electrons. The predicted octanol–water partition coefficient (Wildman–Crippen LogP) is 1.40. The fourth-order valence-corrected chi connectivity index (χ4v) is 2.16. The van der Waals surface area contributed by atoms with E-state index in [1.807, 2.05) is 0 Å². The number of hydrogen-bond donors (Lipinski definition) is 1. The Balaban J connectivity index is 2.44. The van der Waals surface area contributed by atoms with Crippen LogP contribution < -0.4 is 5.73 Å². The van der Waals surface area contributed by atoms with Crippen LogP contribution in [0.3, 0.4) is 0 Å². The number of amides is 1. The van der Waals surface area contributed by atoms with Crippen LogP contribution in [0, 0.1) is 0 Å². The maximum atomic E-state index is 11.2. The van der Waals surface area contributed by atoms with Gasteiger partial charge in [-0.2, -0.15) is 0 Å². The fraction of sp³-hybridized carbons (Fsp3) is 0.545. The Morgan fingerprint density at radius 1 is 1.40 bits per heavy atom. The number of hydrogen-bond acceptors (Lipinski definition) is 3. The lowest BCUT2D eigenvalue weighted by Gasteiger charge is -2.11. The molecule has 4 nitrogen and oxygen atoms in total. The highest BCUT2D eigenvalue weighted by atomic mass is 16.5. The fourth-order valence-electron chi connectivity index (χ4n) is 2.16. The first-order valence-electron chi connectivity index (χ1n) is 5.16. The van der Waals surface area contributed by atoms with Crippen LogP contribution in [0.25, 0.3) is 0 Å². The van der Waals surface area contributed by atoms with Gasteiger partial charge in [-0.05, 0) is 25.7 Å². The summed E-state index contributed by atoms with van der Waals surface area (Å²) in [6.07, 6.45) is 4.09.